The summed E-state index contributed by atoms with van der Waals surface area (Å²) >= 11 is 5.72. The van der Waals surface area contributed by atoms with Crippen molar-refractivity contribution in [2.45, 2.75) is 13.2 Å². The van der Waals surface area contributed by atoms with E-state index >= 15 is 0 Å². The zero-order valence-corrected chi connectivity index (χ0v) is 13.7. The summed E-state index contributed by atoms with van der Waals surface area (Å²) in [5, 5.41) is 10.7. The molecule has 0 spiro atoms. The normalized spacial score (nSPS) is 12.9. The van der Waals surface area contributed by atoms with Gasteiger partial charge < -0.3 is 14.2 Å². The summed E-state index contributed by atoms with van der Waals surface area (Å²) in [4.78, 5) is 22.5. The maximum absolute atomic E-state index is 13.3. The molecule has 0 radical (unpaired) electrons. The van der Waals surface area contributed by atoms with Crippen molar-refractivity contribution in [3.8, 4) is 5.75 Å². The highest BCUT2D eigenvalue weighted by Crippen LogP contribution is 2.33. The van der Waals surface area contributed by atoms with Gasteiger partial charge in [-0.15, -0.1) is 0 Å². The molecule has 1 aliphatic heterocycles. The first kappa shape index (κ1) is 18.0. The molecule has 0 saturated carbocycles. The molecule has 0 aromatic heterocycles. The third-order valence-corrected chi connectivity index (χ3v) is 3.88. The zero-order valence-electron chi connectivity index (χ0n) is 13.0. The third-order valence-electron chi connectivity index (χ3n) is 3.57. The molecule has 0 N–H and O–H groups in total. The predicted octanol–water partition coefficient (Wildman–Crippen LogP) is 3.75. The van der Waals surface area contributed by atoms with Crippen LogP contribution in [0.3, 0.4) is 0 Å². The summed E-state index contributed by atoms with van der Waals surface area (Å²) in [6.07, 6.45) is 0. The molecule has 0 fully saturated rings. The number of rotatable bonds is 4. The average Bonchev–Trinajstić information content (AvgIpc) is 2.62. The van der Waals surface area contributed by atoms with Crippen molar-refractivity contribution in [3.63, 3.8) is 0 Å². The van der Waals surface area contributed by atoms with E-state index in [9.17, 15) is 23.7 Å². The lowest BCUT2D eigenvalue weighted by atomic mass is 10.1. The van der Waals surface area contributed by atoms with Gasteiger partial charge in [0, 0.05) is 23.3 Å². The van der Waals surface area contributed by atoms with Crippen molar-refractivity contribution >= 4 is 23.3 Å². The fourth-order valence-electron chi connectivity index (χ4n) is 2.39. The topological polar surface area (TPSA) is 87.9 Å². The van der Waals surface area contributed by atoms with E-state index in [0.717, 1.165) is 0 Å². The van der Waals surface area contributed by atoms with E-state index < -0.39 is 29.1 Å². The van der Waals surface area contributed by atoms with Crippen molar-refractivity contribution in [2.75, 3.05) is 6.79 Å². The molecule has 136 valence electrons. The molecule has 26 heavy (non-hydrogen) atoms. The van der Waals surface area contributed by atoms with Crippen LogP contribution in [0.5, 0.6) is 5.75 Å². The minimum absolute atomic E-state index is 0.0548. The van der Waals surface area contributed by atoms with Gasteiger partial charge in [0.2, 0.25) is 0 Å². The molecule has 0 unspecified atom stereocenters. The van der Waals surface area contributed by atoms with Crippen molar-refractivity contribution in [3.05, 3.63) is 67.7 Å². The van der Waals surface area contributed by atoms with Crippen LogP contribution in [-0.2, 0) is 22.7 Å². The number of carbonyl (C=O) groups excluding carboxylic acids is 1. The Morgan fingerprint density at radius 2 is 2.00 bits per heavy atom. The van der Waals surface area contributed by atoms with Gasteiger partial charge in [-0.05, 0) is 12.1 Å². The molecule has 2 aromatic carbocycles. The monoisotopic (exact) mass is 385 g/mol. The molecule has 1 heterocycles. The third kappa shape index (κ3) is 3.58. The highest BCUT2D eigenvalue weighted by Gasteiger charge is 2.23. The predicted molar refractivity (Wildman–Crippen MR) is 83.9 cm³/mol. The second-order valence-corrected chi connectivity index (χ2v) is 5.69. The van der Waals surface area contributed by atoms with E-state index in [0.29, 0.717) is 23.4 Å². The van der Waals surface area contributed by atoms with Gasteiger partial charge in [0.1, 0.15) is 12.4 Å². The van der Waals surface area contributed by atoms with Crippen LogP contribution in [-0.4, -0.2) is 17.7 Å². The Bertz CT molecular complexity index is 905. The first-order chi connectivity index (χ1) is 12.4. The number of nitro groups is 1. The lowest BCUT2D eigenvalue weighted by Gasteiger charge is -2.20. The van der Waals surface area contributed by atoms with Crippen molar-refractivity contribution in [1.29, 1.82) is 0 Å². The van der Waals surface area contributed by atoms with E-state index in [1.807, 2.05) is 0 Å². The molecule has 1 aliphatic rings. The summed E-state index contributed by atoms with van der Waals surface area (Å²) in [6.45, 7) is -0.341. The minimum atomic E-state index is -1.26. The van der Waals surface area contributed by atoms with Crippen LogP contribution in [0.2, 0.25) is 5.02 Å². The molecule has 7 nitrogen and oxygen atoms in total. The highest BCUT2D eigenvalue weighted by atomic mass is 35.5. The number of fused-ring (bicyclic) bond motifs is 1. The quantitative estimate of drug-likeness (QED) is 0.345. The minimum Gasteiger partial charge on any atom is -0.467 e. The van der Waals surface area contributed by atoms with Crippen molar-refractivity contribution in [1.82, 2.24) is 0 Å². The van der Waals surface area contributed by atoms with E-state index in [2.05, 4.69) is 0 Å². The number of hydrogen-bond acceptors (Lipinski definition) is 6. The van der Waals surface area contributed by atoms with Gasteiger partial charge in [0.25, 0.3) is 5.69 Å². The van der Waals surface area contributed by atoms with Crippen LogP contribution in [0.4, 0.5) is 14.5 Å². The number of hydrogen-bond donors (Lipinski definition) is 0. The first-order valence-corrected chi connectivity index (χ1v) is 7.57. The summed E-state index contributed by atoms with van der Waals surface area (Å²) in [7, 11) is 0. The van der Waals surface area contributed by atoms with E-state index in [1.54, 1.807) is 0 Å². The summed E-state index contributed by atoms with van der Waals surface area (Å²) in [5.74, 6) is -3.16. The van der Waals surface area contributed by atoms with Gasteiger partial charge in [-0.1, -0.05) is 11.6 Å². The molecule has 10 heteroatoms. The second kappa shape index (κ2) is 7.22. The number of non-ortho nitro benzene ring substituents is 1. The summed E-state index contributed by atoms with van der Waals surface area (Å²) in [6, 6.07) is 3.77. The Labute approximate surface area is 150 Å². The first-order valence-electron chi connectivity index (χ1n) is 7.19. The molecule has 0 amide bonds. The molecule has 0 aliphatic carbocycles. The Balaban J connectivity index is 1.85. The highest BCUT2D eigenvalue weighted by molar-refractivity contribution is 6.33. The van der Waals surface area contributed by atoms with Crippen LogP contribution < -0.4 is 4.74 Å². The Morgan fingerprint density at radius 1 is 1.27 bits per heavy atom. The largest absolute Gasteiger partial charge is 0.467 e. The number of ether oxygens (including phenoxy) is 3. The molecule has 3 rings (SSSR count). The smallest absolute Gasteiger partial charge is 0.340 e. The van der Waals surface area contributed by atoms with Gasteiger partial charge in [-0.2, -0.15) is 0 Å². The van der Waals surface area contributed by atoms with Gasteiger partial charge in [0.05, 0.1) is 22.1 Å². The van der Waals surface area contributed by atoms with Crippen LogP contribution in [0.15, 0.2) is 24.3 Å². The second-order valence-electron chi connectivity index (χ2n) is 5.28. The standard InChI is InChI=1S/C16H10ClF2NO6/c17-12-4-14(19)13(18)3-11(12)16(21)25-6-9-2-10(20(22)23)1-8-5-24-7-26-15(8)9/h1-4H,5-7H2. The SMILES string of the molecule is O=C(OCc1cc([N+](=O)[O-])cc2c1OCOC2)c1cc(F)c(F)cc1Cl. The number of esters is 1. The van der Waals surface area contributed by atoms with Crippen LogP contribution >= 0.6 is 11.6 Å². The number of carbonyl (C=O) groups is 1. The average molecular weight is 386 g/mol. The lowest BCUT2D eigenvalue weighted by Crippen LogP contribution is -2.15. The number of nitro benzene ring substituents is 1. The Kier molecular flexibility index (Phi) is 5.01. The maximum atomic E-state index is 13.3. The van der Waals surface area contributed by atoms with Gasteiger partial charge >= 0.3 is 5.97 Å². The number of halogens is 3. The van der Waals surface area contributed by atoms with Crippen LogP contribution in [0.1, 0.15) is 21.5 Å². The summed E-state index contributed by atoms with van der Waals surface area (Å²) < 4.78 is 41.8. The van der Waals surface area contributed by atoms with Gasteiger partial charge in [-0.3, -0.25) is 10.1 Å². The van der Waals surface area contributed by atoms with Crippen LogP contribution in [0.25, 0.3) is 0 Å². The molecule has 0 atom stereocenters. The fraction of sp³-hybridized carbons (Fsp3) is 0.188. The van der Waals surface area contributed by atoms with E-state index in [-0.39, 0.29) is 35.2 Å². The van der Waals surface area contributed by atoms with Crippen molar-refractivity contribution < 1.29 is 32.7 Å². The number of nitrogens with zero attached hydrogens (tertiary/aromatic N) is 1. The van der Waals surface area contributed by atoms with E-state index in [1.165, 1.54) is 12.1 Å². The maximum Gasteiger partial charge on any atom is 0.340 e. The molecular weight excluding hydrogens is 376 g/mol. The molecule has 0 bridgehead atoms. The Hall–Kier alpha value is -2.78. The zero-order chi connectivity index (χ0) is 18.8. The lowest BCUT2D eigenvalue weighted by molar-refractivity contribution is -0.385. The molecule has 0 saturated heterocycles. The van der Waals surface area contributed by atoms with Crippen molar-refractivity contribution in [2.24, 2.45) is 0 Å². The van der Waals surface area contributed by atoms with Gasteiger partial charge in [0.15, 0.2) is 18.4 Å². The fourth-order valence-corrected chi connectivity index (χ4v) is 2.62. The van der Waals surface area contributed by atoms with E-state index in [4.69, 9.17) is 25.8 Å². The number of benzene rings is 2. The molecule has 2 aromatic rings. The Morgan fingerprint density at radius 3 is 2.73 bits per heavy atom. The summed E-state index contributed by atoms with van der Waals surface area (Å²) in [5.41, 5.74) is 0.0794. The van der Waals surface area contributed by atoms with Gasteiger partial charge in [-0.25, -0.2) is 13.6 Å². The van der Waals surface area contributed by atoms with Crippen LogP contribution in [0, 0.1) is 21.7 Å². The molecular formula is C16H10ClF2NO6.